The SMILES string of the molecule is CC(C)N(CCOCCN)C(=O)C(C)S(C)(=O)=O. The molecule has 0 aromatic heterocycles. The Morgan fingerprint density at radius 2 is 1.83 bits per heavy atom. The topological polar surface area (TPSA) is 89.7 Å². The van der Waals surface area contributed by atoms with E-state index < -0.39 is 15.1 Å². The van der Waals surface area contributed by atoms with Crippen molar-refractivity contribution in [3.63, 3.8) is 0 Å². The third-order valence-electron chi connectivity index (χ3n) is 2.64. The van der Waals surface area contributed by atoms with Crippen LogP contribution in [0.5, 0.6) is 0 Å². The Bertz CT molecular complexity index is 354. The largest absolute Gasteiger partial charge is 0.378 e. The van der Waals surface area contributed by atoms with Crippen molar-refractivity contribution in [1.29, 1.82) is 0 Å². The van der Waals surface area contributed by atoms with E-state index in [-0.39, 0.29) is 11.9 Å². The Labute approximate surface area is 109 Å². The molecule has 0 aliphatic carbocycles. The molecule has 1 unspecified atom stereocenters. The molecule has 0 aromatic carbocycles. The van der Waals surface area contributed by atoms with Gasteiger partial charge in [-0.3, -0.25) is 4.79 Å². The molecule has 108 valence electrons. The molecule has 0 fully saturated rings. The molecule has 0 saturated carbocycles. The van der Waals surface area contributed by atoms with Crippen LogP contribution in [-0.2, 0) is 19.4 Å². The van der Waals surface area contributed by atoms with Gasteiger partial charge in [-0.15, -0.1) is 0 Å². The number of amides is 1. The normalized spacial score (nSPS) is 13.7. The Morgan fingerprint density at radius 1 is 1.28 bits per heavy atom. The van der Waals surface area contributed by atoms with E-state index in [4.69, 9.17) is 10.5 Å². The average molecular weight is 280 g/mol. The maximum absolute atomic E-state index is 12.1. The number of carbonyl (C=O) groups is 1. The molecule has 0 heterocycles. The Hall–Kier alpha value is -0.660. The minimum atomic E-state index is -3.37. The summed E-state index contributed by atoms with van der Waals surface area (Å²) < 4.78 is 28.0. The van der Waals surface area contributed by atoms with Crippen molar-refractivity contribution in [2.24, 2.45) is 5.73 Å². The Balaban J connectivity index is 4.56. The molecule has 18 heavy (non-hydrogen) atoms. The third kappa shape index (κ3) is 5.79. The fraction of sp³-hybridized carbons (Fsp3) is 0.909. The minimum Gasteiger partial charge on any atom is -0.378 e. The van der Waals surface area contributed by atoms with E-state index in [1.54, 1.807) is 0 Å². The highest BCUT2D eigenvalue weighted by Gasteiger charge is 2.29. The highest BCUT2D eigenvalue weighted by molar-refractivity contribution is 7.92. The number of carbonyl (C=O) groups excluding carboxylic acids is 1. The van der Waals surface area contributed by atoms with Crippen LogP contribution in [0, 0.1) is 0 Å². The third-order valence-corrected chi connectivity index (χ3v) is 4.12. The standard InChI is InChI=1S/C11H24N2O4S/c1-9(2)13(6-8-17-7-5-12)11(14)10(3)18(4,15)16/h9-10H,5-8,12H2,1-4H3. The molecule has 0 aromatic rings. The van der Waals surface area contributed by atoms with Crippen molar-refractivity contribution < 1.29 is 17.9 Å². The number of nitrogens with two attached hydrogens (primary N) is 1. The molecule has 0 bridgehead atoms. The van der Waals surface area contributed by atoms with Crippen LogP contribution in [0.4, 0.5) is 0 Å². The lowest BCUT2D eigenvalue weighted by molar-refractivity contribution is -0.132. The van der Waals surface area contributed by atoms with Gasteiger partial charge in [-0.2, -0.15) is 0 Å². The predicted molar refractivity (Wildman–Crippen MR) is 71.0 cm³/mol. The van der Waals surface area contributed by atoms with Gasteiger partial charge in [-0.05, 0) is 20.8 Å². The van der Waals surface area contributed by atoms with E-state index in [0.29, 0.717) is 26.3 Å². The Morgan fingerprint density at radius 3 is 2.22 bits per heavy atom. The molecule has 0 radical (unpaired) electrons. The summed E-state index contributed by atoms with van der Waals surface area (Å²) in [4.78, 5) is 13.6. The lowest BCUT2D eigenvalue weighted by atomic mass is 10.3. The molecule has 0 spiro atoms. The highest BCUT2D eigenvalue weighted by Crippen LogP contribution is 2.07. The smallest absolute Gasteiger partial charge is 0.240 e. The first-order valence-electron chi connectivity index (χ1n) is 5.99. The summed E-state index contributed by atoms with van der Waals surface area (Å²) in [6.45, 7) is 6.69. The fourth-order valence-corrected chi connectivity index (χ4v) is 1.89. The van der Waals surface area contributed by atoms with Gasteiger partial charge in [-0.1, -0.05) is 0 Å². The van der Waals surface area contributed by atoms with E-state index in [9.17, 15) is 13.2 Å². The maximum Gasteiger partial charge on any atom is 0.240 e. The van der Waals surface area contributed by atoms with Gasteiger partial charge in [0.25, 0.3) is 0 Å². The van der Waals surface area contributed by atoms with Crippen LogP contribution < -0.4 is 5.73 Å². The van der Waals surface area contributed by atoms with Gasteiger partial charge in [0, 0.05) is 25.4 Å². The van der Waals surface area contributed by atoms with Gasteiger partial charge in [0.05, 0.1) is 13.2 Å². The minimum absolute atomic E-state index is 0.0665. The summed E-state index contributed by atoms with van der Waals surface area (Å²) in [5.41, 5.74) is 5.29. The first-order valence-corrected chi connectivity index (χ1v) is 7.94. The van der Waals surface area contributed by atoms with Crippen LogP contribution in [-0.4, -0.2) is 63.1 Å². The summed E-state index contributed by atoms with van der Waals surface area (Å²) >= 11 is 0. The van der Waals surface area contributed by atoms with Crippen molar-refractivity contribution in [2.45, 2.75) is 32.1 Å². The average Bonchev–Trinajstić information content (AvgIpc) is 2.25. The van der Waals surface area contributed by atoms with Crippen molar-refractivity contribution in [2.75, 3.05) is 32.6 Å². The summed E-state index contributed by atoms with van der Waals surface area (Å²) in [5.74, 6) is -0.385. The first-order chi connectivity index (χ1) is 8.21. The van der Waals surface area contributed by atoms with Crippen LogP contribution in [0.3, 0.4) is 0 Å². The second-order valence-electron chi connectivity index (χ2n) is 4.50. The van der Waals surface area contributed by atoms with E-state index in [0.717, 1.165) is 6.26 Å². The van der Waals surface area contributed by atoms with Crippen LogP contribution in [0.2, 0.25) is 0 Å². The summed E-state index contributed by atoms with van der Waals surface area (Å²) in [5, 5.41) is -1.02. The van der Waals surface area contributed by atoms with E-state index in [1.807, 2.05) is 13.8 Å². The van der Waals surface area contributed by atoms with E-state index >= 15 is 0 Å². The number of rotatable bonds is 8. The number of ether oxygens (including phenoxy) is 1. The molecular formula is C11H24N2O4S. The molecule has 0 saturated heterocycles. The second kappa shape index (κ2) is 7.70. The number of sulfone groups is 1. The molecule has 7 heteroatoms. The zero-order valence-electron chi connectivity index (χ0n) is 11.5. The van der Waals surface area contributed by atoms with Gasteiger partial charge in [0.2, 0.25) is 5.91 Å². The molecule has 1 amide bonds. The van der Waals surface area contributed by atoms with Gasteiger partial charge >= 0.3 is 0 Å². The van der Waals surface area contributed by atoms with Crippen molar-refractivity contribution in [1.82, 2.24) is 4.90 Å². The van der Waals surface area contributed by atoms with Crippen LogP contribution in [0.1, 0.15) is 20.8 Å². The fourth-order valence-electron chi connectivity index (χ4n) is 1.39. The highest BCUT2D eigenvalue weighted by atomic mass is 32.2. The molecule has 0 rings (SSSR count). The lowest BCUT2D eigenvalue weighted by Gasteiger charge is -2.28. The Kier molecular flexibility index (Phi) is 7.42. The number of nitrogens with zero attached hydrogens (tertiary/aromatic N) is 1. The number of hydrogen-bond donors (Lipinski definition) is 1. The van der Waals surface area contributed by atoms with Crippen molar-refractivity contribution in [3.8, 4) is 0 Å². The summed E-state index contributed by atoms with van der Waals surface area (Å²) in [6, 6.07) is -0.0665. The van der Waals surface area contributed by atoms with Crippen LogP contribution in [0.15, 0.2) is 0 Å². The quantitative estimate of drug-likeness (QED) is 0.613. The zero-order valence-corrected chi connectivity index (χ0v) is 12.4. The lowest BCUT2D eigenvalue weighted by Crippen LogP contribution is -2.46. The molecule has 6 nitrogen and oxygen atoms in total. The maximum atomic E-state index is 12.1. The molecule has 0 aliphatic rings. The first kappa shape index (κ1) is 17.3. The zero-order chi connectivity index (χ0) is 14.3. The number of hydrogen-bond acceptors (Lipinski definition) is 5. The molecular weight excluding hydrogens is 256 g/mol. The summed E-state index contributed by atoms with van der Waals surface area (Å²) in [6.07, 6.45) is 1.07. The molecule has 0 aliphatic heterocycles. The van der Waals surface area contributed by atoms with Gasteiger partial charge < -0.3 is 15.4 Å². The van der Waals surface area contributed by atoms with Crippen molar-refractivity contribution >= 4 is 15.7 Å². The molecule has 1 atom stereocenters. The second-order valence-corrected chi connectivity index (χ2v) is 6.86. The predicted octanol–water partition coefficient (Wildman–Crippen LogP) is -0.368. The van der Waals surface area contributed by atoms with Crippen LogP contribution in [0.25, 0.3) is 0 Å². The van der Waals surface area contributed by atoms with E-state index in [1.165, 1.54) is 11.8 Å². The van der Waals surface area contributed by atoms with Gasteiger partial charge in [0.15, 0.2) is 9.84 Å². The van der Waals surface area contributed by atoms with Crippen molar-refractivity contribution in [3.05, 3.63) is 0 Å². The van der Waals surface area contributed by atoms with E-state index in [2.05, 4.69) is 0 Å². The van der Waals surface area contributed by atoms with Gasteiger partial charge in [0.1, 0.15) is 5.25 Å². The summed E-state index contributed by atoms with van der Waals surface area (Å²) in [7, 11) is -3.37. The monoisotopic (exact) mass is 280 g/mol. The van der Waals surface area contributed by atoms with Crippen LogP contribution >= 0.6 is 0 Å². The van der Waals surface area contributed by atoms with Gasteiger partial charge in [-0.25, -0.2) is 8.42 Å². The molecule has 2 N–H and O–H groups in total.